The zero-order valence-corrected chi connectivity index (χ0v) is 15.9. The van der Waals surface area contributed by atoms with Crippen LogP contribution in [0.1, 0.15) is 37.0 Å². The summed E-state index contributed by atoms with van der Waals surface area (Å²) < 4.78 is 5.29. The van der Waals surface area contributed by atoms with Gasteiger partial charge in [-0.3, -0.25) is 14.9 Å². The Balaban J connectivity index is 1.64. The van der Waals surface area contributed by atoms with Crippen molar-refractivity contribution in [1.29, 1.82) is 0 Å². The Bertz CT molecular complexity index is 795. The summed E-state index contributed by atoms with van der Waals surface area (Å²) in [5, 5.41) is 7.58. The lowest BCUT2D eigenvalue weighted by Crippen LogP contribution is -2.46. The van der Waals surface area contributed by atoms with Crippen LogP contribution < -0.4 is 16.0 Å². The number of thioether (sulfide) groups is 1. The minimum Gasteiger partial charge on any atom is -0.449 e. The van der Waals surface area contributed by atoms with E-state index in [0.29, 0.717) is 10.5 Å². The van der Waals surface area contributed by atoms with Crippen molar-refractivity contribution in [3.8, 4) is 0 Å². The number of carbonyl (C=O) groups is 4. The topological polar surface area (TPSA) is 114 Å². The molecule has 144 valence electrons. The minimum absolute atomic E-state index is 0.190. The average molecular weight is 391 g/mol. The lowest BCUT2D eigenvalue weighted by atomic mass is 10.1. The molecule has 1 saturated heterocycles. The van der Waals surface area contributed by atoms with Gasteiger partial charge in [0.1, 0.15) is 5.54 Å². The lowest BCUT2D eigenvalue weighted by Gasteiger charge is -2.20. The van der Waals surface area contributed by atoms with Gasteiger partial charge in [0.25, 0.3) is 11.8 Å². The van der Waals surface area contributed by atoms with Gasteiger partial charge in [-0.05, 0) is 38.8 Å². The molecule has 27 heavy (non-hydrogen) atoms. The molecule has 4 amide bonds. The van der Waals surface area contributed by atoms with E-state index >= 15 is 0 Å². The molecule has 1 aromatic carbocycles. The lowest BCUT2D eigenvalue weighted by molar-refractivity contribution is -0.129. The summed E-state index contributed by atoms with van der Waals surface area (Å²) in [5.74, 6) is -1.09. The Morgan fingerprint density at radius 2 is 2.04 bits per heavy atom. The van der Waals surface area contributed by atoms with E-state index in [1.54, 1.807) is 31.2 Å². The number of imide groups is 1. The van der Waals surface area contributed by atoms with Crippen LogP contribution in [0.4, 0.5) is 4.79 Å². The number of benzene rings is 1. The molecule has 9 heteroatoms. The van der Waals surface area contributed by atoms with Crippen molar-refractivity contribution < 1.29 is 23.9 Å². The van der Waals surface area contributed by atoms with Gasteiger partial charge < -0.3 is 15.4 Å². The first-order valence-corrected chi connectivity index (χ1v) is 9.64. The molecule has 2 aliphatic rings. The van der Waals surface area contributed by atoms with E-state index in [-0.39, 0.29) is 17.7 Å². The van der Waals surface area contributed by atoms with Gasteiger partial charge in [-0.25, -0.2) is 9.59 Å². The zero-order chi connectivity index (χ0) is 19.6. The van der Waals surface area contributed by atoms with E-state index in [4.69, 9.17) is 4.74 Å². The van der Waals surface area contributed by atoms with Crippen molar-refractivity contribution in [1.82, 2.24) is 16.0 Å². The third-order valence-electron chi connectivity index (χ3n) is 4.32. The maximum Gasteiger partial charge on any atom is 0.340 e. The van der Waals surface area contributed by atoms with E-state index in [0.717, 1.165) is 12.8 Å². The number of carbonyl (C=O) groups excluding carboxylic acids is 4. The predicted molar refractivity (Wildman–Crippen MR) is 98.3 cm³/mol. The van der Waals surface area contributed by atoms with Crippen molar-refractivity contribution in [2.24, 2.45) is 0 Å². The van der Waals surface area contributed by atoms with Gasteiger partial charge in [0.2, 0.25) is 0 Å². The standard InChI is InChI=1S/C18H21N3O5S/c1-10(14(22)19-11-7-8-11)26-15(23)12-5-3-4-6-13(12)27-9-18(2)16(24)20-17(25)21-18/h3-6,10-11H,7-9H2,1-2H3,(H,19,22)(H2,20,21,24,25)/t10-,18+/m0/s1. The number of rotatable bonds is 7. The van der Waals surface area contributed by atoms with Crippen LogP contribution in [-0.4, -0.2) is 47.3 Å². The monoisotopic (exact) mass is 391 g/mol. The molecule has 3 rings (SSSR count). The maximum atomic E-state index is 12.5. The molecule has 1 saturated carbocycles. The van der Waals surface area contributed by atoms with Gasteiger partial charge in [-0.2, -0.15) is 0 Å². The molecule has 0 spiro atoms. The second kappa shape index (κ2) is 7.59. The summed E-state index contributed by atoms with van der Waals surface area (Å²) in [5.41, 5.74) is -0.752. The molecular formula is C18H21N3O5S. The highest BCUT2D eigenvalue weighted by Gasteiger charge is 2.42. The van der Waals surface area contributed by atoms with E-state index in [2.05, 4.69) is 16.0 Å². The van der Waals surface area contributed by atoms with Gasteiger partial charge in [0.15, 0.2) is 6.10 Å². The summed E-state index contributed by atoms with van der Waals surface area (Å²) in [4.78, 5) is 48.4. The SMILES string of the molecule is C[C@H](OC(=O)c1ccccc1SC[C@@]1(C)NC(=O)NC1=O)C(=O)NC1CC1. The molecular weight excluding hydrogens is 370 g/mol. The molecule has 1 heterocycles. The number of hydrogen-bond acceptors (Lipinski definition) is 6. The second-order valence-electron chi connectivity index (χ2n) is 6.86. The van der Waals surface area contributed by atoms with Crippen LogP contribution in [0.25, 0.3) is 0 Å². The maximum absolute atomic E-state index is 12.5. The van der Waals surface area contributed by atoms with Crippen molar-refractivity contribution >= 4 is 35.6 Å². The van der Waals surface area contributed by atoms with Gasteiger partial charge in [-0.1, -0.05) is 12.1 Å². The first kappa shape index (κ1) is 19.2. The van der Waals surface area contributed by atoms with Crippen molar-refractivity contribution in [2.45, 2.75) is 49.3 Å². The van der Waals surface area contributed by atoms with Crippen LogP contribution in [-0.2, 0) is 14.3 Å². The summed E-state index contributed by atoms with van der Waals surface area (Å²) in [6, 6.07) is 6.45. The fourth-order valence-electron chi connectivity index (χ4n) is 2.49. The molecule has 2 atom stereocenters. The van der Waals surface area contributed by atoms with E-state index in [1.807, 2.05) is 0 Å². The minimum atomic E-state index is -1.06. The molecule has 0 aromatic heterocycles. The Hall–Kier alpha value is -2.55. The zero-order valence-electron chi connectivity index (χ0n) is 15.0. The van der Waals surface area contributed by atoms with Crippen molar-refractivity contribution in [3.63, 3.8) is 0 Å². The first-order valence-electron chi connectivity index (χ1n) is 8.65. The molecule has 1 aliphatic carbocycles. The molecule has 1 aromatic rings. The quantitative estimate of drug-likeness (QED) is 0.366. The largest absolute Gasteiger partial charge is 0.449 e. The van der Waals surface area contributed by atoms with Gasteiger partial charge in [0, 0.05) is 16.7 Å². The molecule has 3 N–H and O–H groups in total. The molecule has 0 radical (unpaired) electrons. The number of esters is 1. The van der Waals surface area contributed by atoms with E-state index in [9.17, 15) is 19.2 Å². The van der Waals surface area contributed by atoms with Crippen LogP contribution in [0, 0.1) is 0 Å². The molecule has 8 nitrogen and oxygen atoms in total. The highest BCUT2D eigenvalue weighted by Crippen LogP contribution is 2.28. The number of hydrogen-bond donors (Lipinski definition) is 3. The predicted octanol–water partition coefficient (Wildman–Crippen LogP) is 1.20. The third-order valence-corrected chi connectivity index (χ3v) is 5.71. The van der Waals surface area contributed by atoms with Crippen LogP contribution in [0.3, 0.4) is 0 Å². The second-order valence-corrected chi connectivity index (χ2v) is 7.87. The van der Waals surface area contributed by atoms with Crippen molar-refractivity contribution in [2.75, 3.05) is 5.75 Å². The summed E-state index contributed by atoms with van der Waals surface area (Å²) >= 11 is 1.26. The number of ether oxygens (including phenoxy) is 1. The molecule has 0 bridgehead atoms. The Labute approximate surface area is 160 Å². The number of nitrogens with one attached hydrogen (secondary N) is 3. The normalized spacial score (nSPS) is 22.6. The van der Waals surface area contributed by atoms with E-state index < -0.39 is 29.6 Å². The van der Waals surface area contributed by atoms with Crippen LogP contribution in [0.5, 0.6) is 0 Å². The van der Waals surface area contributed by atoms with Gasteiger partial charge >= 0.3 is 12.0 Å². The third kappa shape index (κ3) is 4.60. The van der Waals surface area contributed by atoms with Crippen LogP contribution in [0.2, 0.25) is 0 Å². The van der Waals surface area contributed by atoms with E-state index in [1.165, 1.54) is 18.7 Å². The average Bonchev–Trinajstić information content (AvgIpc) is 3.39. The molecule has 2 fully saturated rings. The Kier molecular flexibility index (Phi) is 5.41. The number of amides is 4. The van der Waals surface area contributed by atoms with Crippen molar-refractivity contribution in [3.05, 3.63) is 29.8 Å². The Morgan fingerprint density at radius 3 is 2.67 bits per heavy atom. The fourth-order valence-corrected chi connectivity index (χ4v) is 3.62. The Morgan fingerprint density at radius 1 is 1.33 bits per heavy atom. The van der Waals surface area contributed by atoms with Gasteiger partial charge in [0.05, 0.1) is 5.56 Å². The smallest absolute Gasteiger partial charge is 0.340 e. The van der Waals surface area contributed by atoms with Crippen LogP contribution in [0.15, 0.2) is 29.2 Å². The fraction of sp³-hybridized carbons (Fsp3) is 0.444. The first-order chi connectivity index (χ1) is 12.8. The highest BCUT2D eigenvalue weighted by molar-refractivity contribution is 7.99. The molecule has 1 aliphatic heterocycles. The van der Waals surface area contributed by atoms with Gasteiger partial charge in [-0.15, -0.1) is 11.8 Å². The summed E-state index contributed by atoms with van der Waals surface area (Å²) in [7, 11) is 0. The highest BCUT2D eigenvalue weighted by atomic mass is 32.2. The summed E-state index contributed by atoms with van der Waals surface area (Å²) in [6.07, 6.45) is 1.01. The molecule has 0 unspecified atom stereocenters. The summed E-state index contributed by atoms with van der Waals surface area (Å²) in [6.45, 7) is 3.15. The number of urea groups is 1. The van der Waals surface area contributed by atoms with Crippen LogP contribution >= 0.6 is 11.8 Å².